The van der Waals surface area contributed by atoms with Crippen LogP contribution in [0.25, 0.3) is 0 Å². The summed E-state index contributed by atoms with van der Waals surface area (Å²) in [6.45, 7) is 0. The third-order valence-corrected chi connectivity index (χ3v) is 3.37. The van der Waals surface area contributed by atoms with Crippen molar-refractivity contribution in [3.63, 3.8) is 0 Å². The Hall–Kier alpha value is -3.69. The van der Waals surface area contributed by atoms with E-state index in [0.717, 1.165) is 6.07 Å². The van der Waals surface area contributed by atoms with Gasteiger partial charge in [-0.1, -0.05) is 6.07 Å². The van der Waals surface area contributed by atoms with E-state index in [2.05, 4.69) is 0 Å². The summed E-state index contributed by atoms with van der Waals surface area (Å²) in [4.78, 5) is 32.7. The van der Waals surface area contributed by atoms with Crippen LogP contribution in [0.15, 0.2) is 36.4 Å². The number of carbonyl (C=O) groups excluding carboxylic acids is 1. The van der Waals surface area contributed by atoms with E-state index < -0.39 is 15.8 Å². The highest BCUT2D eigenvalue weighted by molar-refractivity contribution is 5.76. The van der Waals surface area contributed by atoms with Crippen LogP contribution in [-0.2, 0) is 11.2 Å². The molecule has 0 aromatic heterocycles. The maximum Gasteiger partial charge on any atom is 0.315 e. The fraction of sp³-hybridized carbons (Fsp3) is 0.188. The molecule has 2 aromatic rings. The number of nitro groups is 2. The predicted octanol–water partition coefficient (Wildman–Crippen LogP) is 2.67. The number of esters is 1. The van der Waals surface area contributed by atoms with Crippen LogP contribution in [0.4, 0.5) is 11.4 Å². The van der Waals surface area contributed by atoms with Gasteiger partial charge in [0.2, 0.25) is 0 Å². The second-order valence-corrected chi connectivity index (χ2v) is 5.00. The number of hydrogen-bond acceptors (Lipinski definition) is 8. The van der Waals surface area contributed by atoms with E-state index in [1.165, 1.54) is 44.6 Å². The van der Waals surface area contributed by atoms with Gasteiger partial charge >= 0.3 is 17.3 Å². The molecule has 0 fully saturated rings. The number of carbonyl (C=O) groups is 1. The van der Waals surface area contributed by atoms with E-state index in [-0.39, 0.29) is 35.0 Å². The smallest absolute Gasteiger partial charge is 0.315 e. The molecule has 0 unspecified atom stereocenters. The van der Waals surface area contributed by atoms with E-state index in [9.17, 15) is 25.0 Å². The topological polar surface area (TPSA) is 131 Å². The van der Waals surface area contributed by atoms with Crippen LogP contribution in [0, 0.1) is 20.2 Å². The molecule has 2 aromatic carbocycles. The normalized spacial score (nSPS) is 10.1. The van der Waals surface area contributed by atoms with Crippen molar-refractivity contribution in [2.45, 2.75) is 6.42 Å². The minimum absolute atomic E-state index is 0.0283. The fourth-order valence-electron chi connectivity index (χ4n) is 2.20. The summed E-state index contributed by atoms with van der Waals surface area (Å²) in [5.41, 5.74) is -0.290. The first-order valence-electron chi connectivity index (χ1n) is 7.20. The molecule has 0 atom stereocenters. The number of methoxy groups -OCH3 is 2. The van der Waals surface area contributed by atoms with Crippen LogP contribution < -0.4 is 14.2 Å². The third-order valence-electron chi connectivity index (χ3n) is 3.37. The Morgan fingerprint density at radius 1 is 0.923 bits per heavy atom. The Labute approximate surface area is 147 Å². The van der Waals surface area contributed by atoms with Gasteiger partial charge in [0.15, 0.2) is 11.5 Å². The molecule has 10 heteroatoms. The first-order chi connectivity index (χ1) is 12.3. The van der Waals surface area contributed by atoms with Crippen LogP contribution in [0.3, 0.4) is 0 Å². The summed E-state index contributed by atoms with van der Waals surface area (Å²) in [5, 5.41) is 22.0. The van der Waals surface area contributed by atoms with Gasteiger partial charge in [0.25, 0.3) is 0 Å². The van der Waals surface area contributed by atoms with E-state index in [1.54, 1.807) is 0 Å². The molecule has 0 radical (unpaired) electrons. The minimum atomic E-state index is -0.732. The lowest BCUT2D eigenvalue weighted by atomic mass is 10.1. The summed E-state index contributed by atoms with van der Waals surface area (Å²) in [6, 6.07) is 7.78. The van der Waals surface area contributed by atoms with Gasteiger partial charge in [-0.2, -0.15) is 0 Å². The molecular weight excluding hydrogens is 348 g/mol. The molecule has 10 nitrogen and oxygen atoms in total. The van der Waals surface area contributed by atoms with E-state index >= 15 is 0 Å². The maximum absolute atomic E-state index is 12.0. The quantitative estimate of drug-likeness (QED) is 0.318. The SMILES string of the molecule is COc1ccc(CC(=O)Oc2ccc(OC)c([N+](=O)[O-])c2)cc1[N+](=O)[O-]. The van der Waals surface area contributed by atoms with Gasteiger partial charge in [-0.3, -0.25) is 25.0 Å². The highest BCUT2D eigenvalue weighted by Crippen LogP contribution is 2.31. The van der Waals surface area contributed by atoms with Crippen molar-refractivity contribution in [1.82, 2.24) is 0 Å². The Morgan fingerprint density at radius 3 is 2.00 bits per heavy atom. The summed E-state index contributed by atoms with van der Waals surface area (Å²) in [5.74, 6) is -0.673. The van der Waals surface area contributed by atoms with Crippen LogP contribution in [0.2, 0.25) is 0 Å². The molecule has 2 rings (SSSR count). The Kier molecular flexibility index (Phi) is 5.68. The molecule has 0 saturated carbocycles. The summed E-state index contributed by atoms with van der Waals surface area (Å²) >= 11 is 0. The molecule has 0 aliphatic heterocycles. The molecule has 0 saturated heterocycles. The van der Waals surface area contributed by atoms with Gasteiger partial charge in [0.1, 0.15) is 5.75 Å². The van der Waals surface area contributed by atoms with Crippen molar-refractivity contribution < 1.29 is 28.9 Å². The van der Waals surface area contributed by atoms with Crippen LogP contribution >= 0.6 is 0 Å². The van der Waals surface area contributed by atoms with Gasteiger partial charge in [0.05, 0.1) is 36.6 Å². The molecular formula is C16H14N2O8. The number of hydrogen-bond donors (Lipinski definition) is 0. The zero-order chi connectivity index (χ0) is 19.3. The maximum atomic E-state index is 12.0. The lowest BCUT2D eigenvalue weighted by Gasteiger charge is -2.07. The number of rotatable bonds is 7. The molecule has 0 amide bonds. The van der Waals surface area contributed by atoms with E-state index in [0.29, 0.717) is 5.56 Å². The molecule has 26 heavy (non-hydrogen) atoms. The highest BCUT2D eigenvalue weighted by Gasteiger charge is 2.19. The number of benzene rings is 2. The van der Waals surface area contributed by atoms with Gasteiger partial charge in [-0.25, -0.2) is 0 Å². The fourth-order valence-corrected chi connectivity index (χ4v) is 2.20. The van der Waals surface area contributed by atoms with Crippen LogP contribution in [0.1, 0.15) is 5.56 Å². The van der Waals surface area contributed by atoms with Crippen molar-refractivity contribution >= 4 is 17.3 Å². The van der Waals surface area contributed by atoms with E-state index in [1.807, 2.05) is 0 Å². The van der Waals surface area contributed by atoms with Crippen LogP contribution in [-0.4, -0.2) is 30.0 Å². The van der Waals surface area contributed by atoms with E-state index in [4.69, 9.17) is 14.2 Å². The Morgan fingerprint density at radius 2 is 1.46 bits per heavy atom. The lowest BCUT2D eigenvalue weighted by Crippen LogP contribution is -2.11. The predicted molar refractivity (Wildman–Crippen MR) is 88.6 cm³/mol. The van der Waals surface area contributed by atoms with Crippen molar-refractivity contribution in [1.29, 1.82) is 0 Å². The van der Waals surface area contributed by atoms with Gasteiger partial charge in [0, 0.05) is 6.07 Å². The standard InChI is InChI=1S/C16H14N2O8/c1-24-14-5-3-10(7-12(14)17(20)21)8-16(19)26-11-4-6-15(25-2)13(9-11)18(22)23/h3-7,9H,8H2,1-2H3. The first kappa shape index (κ1) is 18.6. The third kappa shape index (κ3) is 4.23. The average Bonchev–Trinajstić information content (AvgIpc) is 2.61. The molecule has 0 bridgehead atoms. The zero-order valence-electron chi connectivity index (χ0n) is 13.8. The monoisotopic (exact) mass is 362 g/mol. The summed E-state index contributed by atoms with van der Waals surface area (Å²) in [7, 11) is 2.58. The van der Waals surface area contributed by atoms with Crippen molar-refractivity contribution in [2.24, 2.45) is 0 Å². The zero-order valence-corrected chi connectivity index (χ0v) is 13.8. The molecule has 0 aliphatic rings. The second kappa shape index (κ2) is 7.92. The van der Waals surface area contributed by atoms with Crippen molar-refractivity contribution in [3.8, 4) is 17.2 Å². The van der Waals surface area contributed by atoms with Crippen molar-refractivity contribution in [2.75, 3.05) is 14.2 Å². The second-order valence-electron chi connectivity index (χ2n) is 5.00. The Bertz CT molecular complexity index is 796. The lowest BCUT2D eigenvalue weighted by molar-refractivity contribution is -0.385. The van der Waals surface area contributed by atoms with Gasteiger partial charge < -0.3 is 14.2 Å². The molecule has 0 N–H and O–H groups in total. The highest BCUT2D eigenvalue weighted by atomic mass is 16.6. The van der Waals surface area contributed by atoms with Crippen LogP contribution in [0.5, 0.6) is 17.2 Å². The molecule has 136 valence electrons. The molecule has 0 aliphatic carbocycles. The van der Waals surface area contributed by atoms with Gasteiger partial charge in [-0.05, 0) is 23.8 Å². The largest absolute Gasteiger partial charge is 0.490 e. The molecule has 0 spiro atoms. The van der Waals surface area contributed by atoms with Gasteiger partial charge in [-0.15, -0.1) is 0 Å². The first-order valence-corrected chi connectivity index (χ1v) is 7.20. The number of nitrogens with zero attached hydrogens (tertiary/aromatic N) is 2. The number of nitro benzene ring substituents is 2. The average molecular weight is 362 g/mol. The number of ether oxygens (including phenoxy) is 3. The minimum Gasteiger partial charge on any atom is -0.490 e. The summed E-state index contributed by atoms with van der Waals surface area (Å²) < 4.78 is 14.8. The summed E-state index contributed by atoms with van der Waals surface area (Å²) in [6.07, 6.45) is -0.259. The Balaban J connectivity index is 2.16. The van der Waals surface area contributed by atoms with Crippen molar-refractivity contribution in [3.05, 3.63) is 62.2 Å². The molecule has 0 heterocycles.